The Morgan fingerprint density at radius 1 is 1.19 bits per heavy atom. The van der Waals surface area contributed by atoms with Gasteiger partial charge in [0.15, 0.2) is 6.61 Å². The Bertz CT molecular complexity index is 1120. The molecule has 7 nitrogen and oxygen atoms in total. The first kappa shape index (κ1) is 21.7. The third kappa shape index (κ3) is 6.23. The van der Waals surface area contributed by atoms with Crippen LogP contribution in [0.5, 0.6) is 5.88 Å². The Kier molecular flexibility index (Phi) is 6.43. The Morgan fingerprint density at radius 2 is 1.97 bits per heavy atom. The van der Waals surface area contributed by atoms with Gasteiger partial charge in [0.05, 0.1) is 11.9 Å². The summed E-state index contributed by atoms with van der Waals surface area (Å²) in [5, 5.41) is 10.3. The second-order valence-electron chi connectivity index (χ2n) is 6.13. The molecule has 0 radical (unpaired) electrons. The topological polar surface area (TPSA) is 104 Å². The van der Waals surface area contributed by atoms with Gasteiger partial charge in [0.25, 0.3) is 5.91 Å². The summed E-state index contributed by atoms with van der Waals surface area (Å²) in [4.78, 5) is 22.8. The fraction of sp³-hybridized carbons (Fsp3) is 0.100. The number of imidazole rings is 1. The van der Waals surface area contributed by atoms with E-state index in [9.17, 15) is 22.4 Å². The predicted octanol–water partition coefficient (Wildman–Crippen LogP) is 4.22. The third-order valence-electron chi connectivity index (χ3n) is 3.76. The highest BCUT2D eigenvalue weighted by Crippen LogP contribution is 2.18. The van der Waals surface area contributed by atoms with Crippen molar-refractivity contribution in [3.8, 4) is 5.88 Å². The summed E-state index contributed by atoms with van der Waals surface area (Å²) in [5.74, 6) is -1.25. The van der Waals surface area contributed by atoms with E-state index in [0.717, 1.165) is 0 Å². The molecule has 1 aromatic carbocycles. The van der Waals surface area contributed by atoms with Crippen molar-refractivity contribution in [2.75, 3.05) is 11.9 Å². The van der Waals surface area contributed by atoms with Crippen LogP contribution in [-0.4, -0.2) is 39.4 Å². The zero-order valence-corrected chi connectivity index (χ0v) is 15.7. The lowest BCUT2D eigenvalue weighted by Crippen LogP contribution is -2.20. The molecule has 11 heteroatoms. The van der Waals surface area contributed by atoms with Crippen molar-refractivity contribution in [3.63, 3.8) is 0 Å². The van der Waals surface area contributed by atoms with E-state index in [1.54, 1.807) is 6.07 Å². The quantitative estimate of drug-likeness (QED) is 0.383. The highest BCUT2D eigenvalue weighted by atomic mass is 19.4. The molecule has 0 spiro atoms. The van der Waals surface area contributed by atoms with Crippen LogP contribution in [0.25, 0.3) is 6.08 Å². The van der Waals surface area contributed by atoms with Gasteiger partial charge in [-0.15, -0.1) is 0 Å². The highest BCUT2D eigenvalue weighted by molar-refractivity contribution is 6.08. The molecule has 160 valence electrons. The molecule has 0 aliphatic carbocycles. The molecule has 3 rings (SSSR count). The van der Waals surface area contributed by atoms with Gasteiger partial charge in [-0.25, -0.2) is 9.37 Å². The molecule has 0 atom stereocenters. The zero-order chi connectivity index (χ0) is 22.4. The SMILES string of the molecule is N=C(/C=C\c1ncc(C(=O)Nc2cccc(OCC(F)(F)F)n2)[nH]1)c1ccccc1F. The second-order valence-corrected chi connectivity index (χ2v) is 6.13. The number of benzene rings is 1. The average molecular weight is 433 g/mol. The van der Waals surface area contributed by atoms with Crippen LogP contribution in [0.3, 0.4) is 0 Å². The van der Waals surface area contributed by atoms with E-state index in [1.807, 2.05) is 0 Å². The lowest BCUT2D eigenvalue weighted by molar-refractivity contribution is -0.154. The van der Waals surface area contributed by atoms with Gasteiger partial charge < -0.3 is 20.4 Å². The molecule has 1 amide bonds. The second kappa shape index (κ2) is 9.20. The minimum Gasteiger partial charge on any atom is -0.468 e. The number of rotatable bonds is 7. The smallest absolute Gasteiger partial charge is 0.422 e. The number of nitrogens with one attached hydrogen (secondary N) is 3. The van der Waals surface area contributed by atoms with E-state index in [1.165, 1.54) is 54.7 Å². The van der Waals surface area contributed by atoms with E-state index in [2.05, 4.69) is 25.0 Å². The van der Waals surface area contributed by atoms with Gasteiger partial charge in [-0.05, 0) is 30.4 Å². The summed E-state index contributed by atoms with van der Waals surface area (Å²) in [6.45, 7) is -1.50. The number of hydrogen-bond acceptors (Lipinski definition) is 5. The lowest BCUT2D eigenvalue weighted by Gasteiger charge is -2.09. The molecule has 3 aromatic rings. The molecular weight excluding hydrogens is 418 g/mol. The number of H-pyrrole nitrogens is 1. The van der Waals surface area contributed by atoms with Crippen LogP contribution in [0.15, 0.2) is 54.7 Å². The predicted molar refractivity (Wildman–Crippen MR) is 105 cm³/mol. The summed E-state index contributed by atoms with van der Waals surface area (Å²) in [7, 11) is 0. The number of allylic oxidation sites excluding steroid dienone is 1. The average Bonchev–Trinajstić information content (AvgIpc) is 3.20. The van der Waals surface area contributed by atoms with Gasteiger partial charge in [-0.2, -0.15) is 18.2 Å². The number of carbonyl (C=O) groups excluding carboxylic acids is 1. The summed E-state index contributed by atoms with van der Waals surface area (Å²) in [6, 6.07) is 9.81. The van der Waals surface area contributed by atoms with Crippen LogP contribution in [0, 0.1) is 11.2 Å². The number of halogens is 4. The molecule has 0 saturated carbocycles. The maximum atomic E-state index is 13.7. The molecule has 0 fully saturated rings. The Labute approximate surface area is 173 Å². The van der Waals surface area contributed by atoms with Crippen molar-refractivity contribution < 1.29 is 27.1 Å². The first-order chi connectivity index (χ1) is 14.7. The molecule has 0 saturated heterocycles. The molecule has 2 aromatic heterocycles. The number of alkyl halides is 3. The maximum absolute atomic E-state index is 13.7. The Morgan fingerprint density at radius 3 is 2.71 bits per heavy atom. The van der Waals surface area contributed by atoms with Crippen molar-refractivity contribution >= 4 is 23.5 Å². The number of amides is 1. The van der Waals surface area contributed by atoms with Gasteiger partial charge in [0, 0.05) is 11.6 Å². The van der Waals surface area contributed by atoms with E-state index in [4.69, 9.17) is 5.41 Å². The van der Waals surface area contributed by atoms with Crippen molar-refractivity contribution in [2.45, 2.75) is 6.18 Å². The number of aromatic nitrogens is 3. The van der Waals surface area contributed by atoms with Gasteiger partial charge >= 0.3 is 6.18 Å². The number of pyridine rings is 1. The number of nitrogens with zero attached hydrogens (tertiary/aromatic N) is 2. The van der Waals surface area contributed by atoms with Crippen LogP contribution in [-0.2, 0) is 0 Å². The summed E-state index contributed by atoms with van der Waals surface area (Å²) < 4.78 is 54.9. The third-order valence-corrected chi connectivity index (χ3v) is 3.76. The maximum Gasteiger partial charge on any atom is 0.422 e. The molecule has 0 aliphatic heterocycles. The number of hydrogen-bond donors (Lipinski definition) is 3. The first-order valence-corrected chi connectivity index (χ1v) is 8.76. The zero-order valence-electron chi connectivity index (χ0n) is 15.7. The van der Waals surface area contributed by atoms with E-state index in [0.29, 0.717) is 0 Å². The van der Waals surface area contributed by atoms with Crippen molar-refractivity contribution in [1.29, 1.82) is 5.41 Å². The summed E-state index contributed by atoms with van der Waals surface area (Å²) >= 11 is 0. The molecule has 31 heavy (non-hydrogen) atoms. The van der Waals surface area contributed by atoms with Crippen LogP contribution < -0.4 is 10.1 Å². The first-order valence-electron chi connectivity index (χ1n) is 8.76. The molecule has 3 N–H and O–H groups in total. The van der Waals surface area contributed by atoms with Crippen molar-refractivity contribution in [3.05, 3.63) is 77.6 Å². The van der Waals surface area contributed by atoms with E-state index < -0.39 is 24.5 Å². The normalized spacial score (nSPS) is 11.5. The fourth-order valence-electron chi connectivity index (χ4n) is 2.37. The minimum atomic E-state index is -4.51. The minimum absolute atomic E-state index is 0.0160. The number of anilines is 1. The number of ether oxygens (including phenoxy) is 1. The molecule has 0 unspecified atom stereocenters. The molecule has 0 aliphatic rings. The van der Waals surface area contributed by atoms with Crippen LogP contribution in [0.4, 0.5) is 23.4 Å². The summed E-state index contributed by atoms with van der Waals surface area (Å²) in [6.07, 6.45) is -0.563. The standard InChI is InChI=1S/C20H15F4N5O2/c21-13-5-2-1-4-12(13)14(25)8-9-16-26-10-15(27-16)19(30)29-17-6-3-7-18(28-17)31-11-20(22,23)24/h1-10,25H,11H2,(H,26,27)(H,28,29,30)/b9-8-,25-14?. The number of aromatic amines is 1. The number of carbonyl (C=O) groups is 1. The fourth-order valence-corrected chi connectivity index (χ4v) is 2.37. The van der Waals surface area contributed by atoms with Gasteiger partial charge in [0.2, 0.25) is 5.88 Å². The van der Waals surface area contributed by atoms with Gasteiger partial charge in [0.1, 0.15) is 23.2 Å². The largest absolute Gasteiger partial charge is 0.468 e. The van der Waals surface area contributed by atoms with Crippen LogP contribution in [0.1, 0.15) is 21.9 Å². The van der Waals surface area contributed by atoms with Crippen molar-refractivity contribution in [2.24, 2.45) is 0 Å². The van der Waals surface area contributed by atoms with Gasteiger partial charge in [-0.1, -0.05) is 18.2 Å². The summed E-state index contributed by atoms with van der Waals surface area (Å²) in [5.41, 5.74) is 0.0721. The van der Waals surface area contributed by atoms with Crippen LogP contribution in [0.2, 0.25) is 0 Å². The van der Waals surface area contributed by atoms with Crippen molar-refractivity contribution in [1.82, 2.24) is 15.0 Å². The highest BCUT2D eigenvalue weighted by Gasteiger charge is 2.28. The molecule has 2 heterocycles. The van der Waals surface area contributed by atoms with E-state index in [-0.39, 0.29) is 34.5 Å². The Hall–Kier alpha value is -4.02. The Balaban J connectivity index is 1.63. The molecular formula is C20H15F4N5O2. The van der Waals surface area contributed by atoms with Crippen LogP contribution >= 0.6 is 0 Å². The van der Waals surface area contributed by atoms with E-state index >= 15 is 0 Å². The monoisotopic (exact) mass is 433 g/mol. The van der Waals surface area contributed by atoms with Gasteiger partial charge in [-0.3, -0.25) is 4.79 Å². The molecule has 0 bridgehead atoms. The lowest BCUT2D eigenvalue weighted by atomic mass is 10.1.